The molecule has 1 aliphatic heterocycles. The number of benzene rings is 1. The molecule has 1 aromatic carbocycles. The zero-order chi connectivity index (χ0) is 24.3. The van der Waals surface area contributed by atoms with Crippen molar-refractivity contribution in [2.24, 2.45) is 4.99 Å². The standard InChI is InChI=1S/C26H32ClN3O3S/c1-4-6-7-8-9-10-16-33-21-14-13-19(17-22(21)32-3)18-23-25(31)30(5-2)26(34-23)29-20-12-11-15-28-24(20)27/h11-15,17-18H,4-10,16H2,1-3H3/b23-18-,29-26?. The monoisotopic (exact) mass is 501 g/mol. The predicted molar refractivity (Wildman–Crippen MR) is 141 cm³/mol. The van der Waals surface area contributed by atoms with Gasteiger partial charge in [0.1, 0.15) is 5.69 Å². The van der Waals surface area contributed by atoms with Gasteiger partial charge in [-0.2, -0.15) is 0 Å². The third kappa shape index (κ3) is 7.00. The first-order valence-corrected chi connectivity index (χ1v) is 13.0. The highest BCUT2D eigenvalue weighted by Gasteiger charge is 2.32. The van der Waals surface area contributed by atoms with E-state index in [4.69, 9.17) is 21.1 Å². The number of aromatic nitrogens is 1. The minimum atomic E-state index is -0.0892. The average molecular weight is 502 g/mol. The fourth-order valence-corrected chi connectivity index (χ4v) is 4.76. The van der Waals surface area contributed by atoms with E-state index in [1.165, 1.54) is 43.9 Å². The highest BCUT2D eigenvalue weighted by atomic mass is 35.5. The lowest BCUT2D eigenvalue weighted by atomic mass is 10.1. The number of ether oxygens (including phenoxy) is 2. The van der Waals surface area contributed by atoms with E-state index < -0.39 is 0 Å². The summed E-state index contributed by atoms with van der Waals surface area (Å²) < 4.78 is 11.5. The Balaban J connectivity index is 1.69. The SMILES string of the molecule is CCCCCCCCOc1ccc(/C=C2\SC(=Nc3cccnc3Cl)N(CC)C2=O)cc1OC. The topological polar surface area (TPSA) is 64.0 Å². The van der Waals surface area contributed by atoms with Crippen LogP contribution in [0.4, 0.5) is 5.69 Å². The molecular weight excluding hydrogens is 470 g/mol. The predicted octanol–water partition coefficient (Wildman–Crippen LogP) is 7.11. The number of unbranched alkanes of at least 4 members (excludes halogenated alkanes) is 5. The number of methoxy groups -OCH3 is 1. The number of hydrogen-bond acceptors (Lipinski definition) is 6. The minimum Gasteiger partial charge on any atom is -0.493 e. The number of amidine groups is 1. The van der Waals surface area contributed by atoms with Crippen LogP contribution in [-0.2, 0) is 4.79 Å². The molecule has 0 spiro atoms. The summed E-state index contributed by atoms with van der Waals surface area (Å²) in [6.45, 7) is 5.32. The molecule has 182 valence electrons. The van der Waals surface area contributed by atoms with Crippen LogP contribution in [0.25, 0.3) is 6.08 Å². The van der Waals surface area contributed by atoms with Gasteiger partial charge < -0.3 is 9.47 Å². The van der Waals surface area contributed by atoms with Crippen LogP contribution in [0.5, 0.6) is 11.5 Å². The maximum Gasteiger partial charge on any atom is 0.266 e. The summed E-state index contributed by atoms with van der Waals surface area (Å²) in [5.74, 6) is 1.28. The van der Waals surface area contributed by atoms with Gasteiger partial charge in [-0.05, 0) is 61.0 Å². The molecule has 0 atom stereocenters. The Hall–Kier alpha value is -2.51. The maximum atomic E-state index is 13.0. The summed E-state index contributed by atoms with van der Waals surface area (Å²) in [7, 11) is 1.63. The molecule has 1 aliphatic rings. The number of amides is 1. The van der Waals surface area contributed by atoms with Crippen LogP contribution >= 0.6 is 23.4 Å². The first-order chi connectivity index (χ1) is 16.6. The van der Waals surface area contributed by atoms with Crippen molar-refractivity contribution in [3.8, 4) is 11.5 Å². The van der Waals surface area contributed by atoms with Gasteiger partial charge in [0.2, 0.25) is 0 Å². The molecule has 3 rings (SSSR count). The molecule has 8 heteroatoms. The Bertz CT molecular complexity index is 1040. The molecule has 2 heterocycles. The molecule has 1 saturated heterocycles. The molecule has 0 N–H and O–H groups in total. The summed E-state index contributed by atoms with van der Waals surface area (Å²) in [6.07, 6.45) is 10.8. The summed E-state index contributed by atoms with van der Waals surface area (Å²) in [6, 6.07) is 9.26. The van der Waals surface area contributed by atoms with E-state index in [1.54, 1.807) is 30.3 Å². The number of halogens is 1. The third-order valence-electron chi connectivity index (χ3n) is 5.40. The molecule has 0 radical (unpaired) electrons. The van der Waals surface area contributed by atoms with Crippen molar-refractivity contribution in [1.82, 2.24) is 9.88 Å². The van der Waals surface area contributed by atoms with Crippen molar-refractivity contribution in [2.45, 2.75) is 52.4 Å². The molecule has 34 heavy (non-hydrogen) atoms. The Morgan fingerprint density at radius 1 is 1.12 bits per heavy atom. The van der Waals surface area contributed by atoms with Gasteiger partial charge >= 0.3 is 0 Å². The number of carbonyl (C=O) groups is 1. The van der Waals surface area contributed by atoms with Gasteiger partial charge in [0.15, 0.2) is 21.8 Å². The highest BCUT2D eigenvalue weighted by molar-refractivity contribution is 8.18. The van der Waals surface area contributed by atoms with Crippen molar-refractivity contribution in [1.29, 1.82) is 0 Å². The summed E-state index contributed by atoms with van der Waals surface area (Å²) in [5.41, 5.74) is 1.39. The lowest BCUT2D eigenvalue weighted by molar-refractivity contribution is -0.122. The van der Waals surface area contributed by atoms with Crippen LogP contribution in [0.3, 0.4) is 0 Å². The van der Waals surface area contributed by atoms with E-state index in [0.717, 1.165) is 12.0 Å². The number of nitrogens with zero attached hydrogens (tertiary/aromatic N) is 3. The second kappa shape index (κ2) is 13.4. The third-order valence-corrected chi connectivity index (χ3v) is 6.70. The molecule has 1 aromatic heterocycles. The number of aliphatic imine (C=N–C) groups is 1. The molecule has 2 aromatic rings. The van der Waals surface area contributed by atoms with Crippen LogP contribution < -0.4 is 9.47 Å². The fraction of sp³-hybridized carbons (Fsp3) is 0.423. The number of rotatable bonds is 12. The first kappa shape index (κ1) is 26.1. The van der Waals surface area contributed by atoms with Crippen molar-refractivity contribution in [2.75, 3.05) is 20.3 Å². The quantitative estimate of drug-likeness (QED) is 0.176. The van der Waals surface area contributed by atoms with Gasteiger partial charge in [0, 0.05) is 12.7 Å². The lowest BCUT2D eigenvalue weighted by Crippen LogP contribution is -2.28. The second-order valence-electron chi connectivity index (χ2n) is 7.89. The molecular formula is C26H32ClN3O3S. The molecule has 0 aliphatic carbocycles. The van der Waals surface area contributed by atoms with Gasteiger partial charge in [0.05, 0.1) is 18.6 Å². The fourth-order valence-electron chi connectivity index (χ4n) is 3.54. The van der Waals surface area contributed by atoms with Crippen LogP contribution in [0, 0.1) is 0 Å². The zero-order valence-corrected chi connectivity index (χ0v) is 21.6. The van der Waals surface area contributed by atoms with E-state index in [1.807, 2.05) is 31.2 Å². The number of hydrogen-bond donors (Lipinski definition) is 0. The van der Waals surface area contributed by atoms with Crippen molar-refractivity contribution < 1.29 is 14.3 Å². The first-order valence-electron chi connectivity index (χ1n) is 11.8. The Morgan fingerprint density at radius 3 is 2.65 bits per heavy atom. The van der Waals surface area contributed by atoms with Crippen molar-refractivity contribution in [3.05, 3.63) is 52.2 Å². The van der Waals surface area contributed by atoms with E-state index in [9.17, 15) is 4.79 Å². The van der Waals surface area contributed by atoms with Gasteiger partial charge in [-0.3, -0.25) is 9.69 Å². The Morgan fingerprint density at radius 2 is 1.91 bits per heavy atom. The summed E-state index contributed by atoms with van der Waals surface area (Å²) in [5, 5.41) is 0.886. The lowest BCUT2D eigenvalue weighted by Gasteiger charge is -2.12. The smallest absolute Gasteiger partial charge is 0.266 e. The van der Waals surface area contributed by atoms with Gasteiger partial charge in [-0.15, -0.1) is 0 Å². The molecule has 0 bridgehead atoms. The van der Waals surface area contributed by atoms with Gasteiger partial charge in [-0.25, -0.2) is 9.98 Å². The normalized spacial score (nSPS) is 16.0. The number of carbonyl (C=O) groups excluding carboxylic acids is 1. The molecule has 0 saturated carbocycles. The molecule has 0 unspecified atom stereocenters. The molecule has 1 amide bonds. The van der Waals surface area contributed by atoms with E-state index in [2.05, 4.69) is 16.9 Å². The van der Waals surface area contributed by atoms with Gasteiger partial charge in [0.25, 0.3) is 5.91 Å². The van der Waals surface area contributed by atoms with E-state index in [0.29, 0.717) is 45.6 Å². The minimum absolute atomic E-state index is 0.0892. The Labute approximate surface area is 211 Å². The zero-order valence-electron chi connectivity index (χ0n) is 20.1. The average Bonchev–Trinajstić information content (AvgIpc) is 3.14. The van der Waals surface area contributed by atoms with Crippen molar-refractivity contribution in [3.63, 3.8) is 0 Å². The summed E-state index contributed by atoms with van der Waals surface area (Å²) >= 11 is 7.47. The van der Waals surface area contributed by atoms with Crippen LogP contribution in [0.2, 0.25) is 5.15 Å². The maximum absolute atomic E-state index is 13.0. The highest BCUT2D eigenvalue weighted by Crippen LogP contribution is 2.36. The Kier molecular flexibility index (Phi) is 10.3. The second-order valence-corrected chi connectivity index (χ2v) is 9.26. The largest absolute Gasteiger partial charge is 0.493 e. The number of thioether (sulfide) groups is 1. The number of pyridine rings is 1. The van der Waals surface area contributed by atoms with E-state index >= 15 is 0 Å². The summed E-state index contributed by atoms with van der Waals surface area (Å²) in [4.78, 5) is 23.8. The number of likely N-dealkylation sites (N-methyl/N-ethyl adjacent to an activating group) is 1. The molecule has 1 fully saturated rings. The van der Waals surface area contributed by atoms with Crippen LogP contribution in [0.1, 0.15) is 57.9 Å². The van der Waals surface area contributed by atoms with Crippen LogP contribution in [0.15, 0.2) is 46.4 Å². The van der Waals surface area contributed by atoms with Gasteiger partial charge in [-0.1, -0.05) is 56.7 Å². The van der Waals surface area contributed by atoms with E-state index in [-0.39, 0.29) is 5.91 Å². The molecule has 6 nitrogen and oxygen atoms in total. The van der Waals surface area contributed by atoms with Crippen molar-refractivity contribution >= 4 is 46.2 Å². The van der Waals surface area contributed by atoms with Crippen LogP contribution in [-0.4, -0.2) is 41.2 Å².